The van der Waals surface area contributed by atoms with Crippen LogP contribution in [0.4, 0.5) is 4.79 Å². The zero-order valence-corrected chi connectivity index (χ0v) is 13.8. The zero-order chi connectivity index (χ0) is 16.4. The molecule has 2 aromatic rings. The molecule has 2 aromatic heterocycles. The van der Waals surface area contributed by atoms with E-state index in [-0.39, 0.29) is 12.1 Å². The highest BCUT2D eigenvalue weighted by molar-refractivity contribution is 5.79. The van der Waals surface area contributed by atoms with Crippen molar-refractivity contribution in [2.75, 3.05) is 19.6 Å². The first-order valence-electron chi connectivity index (χ1n) is 7.94. The van der Waals surface area contributed by atoms with Gasteiger partial charge >= 0.3 is 6.09 Å². The number of amides is 1. The third kappa shape index (κ3) is 3.44. The zero-order valence-electron chi connectivity index (χ0n) is 13.8. The summed E-state index contributed by atoms with van der Waals surface area (Å²) in [6.45, 7) is 7.80. The second kappa shape index (κ2) is 6.16. The minimum absolute atomic E-state index is 0.173. The van der Waals surface area contributed by atoms with E-state index in [2.05, 4.69) is 20.3 Å². The van der Waals surface area contributed by atoms with E-state index in [1.807, 2.05) is 33.0 Å². The monoisotopic (exact) mass is 317 g/mol. The first-order valence-corrected chi connectivity index (χ1v) is 7.94. The summed E-state index contributed by atoms with van der Waals surface area (Å²) in [5.74, 6) is 0. The molecule has 1 saturated heterocycles. The molecule has 7 nitrogen and oxygen atoms in total. The smallest absolute Gasteiger partial charge is 0.410 e. The summed E-state index contributed by atoms with van der Waals surface area (Å²) >= 11 is 0. The molecule has 23 heavy (non-hydrogen) atoms. The molecule has 0 bridgehead atoms. The predicted octanol–water partition coefficient (Wildman–Crippen LogP) is 2.23. The average molecular weight is 317 g/mol. The van der Waals surface area contributed by atoms with Crippen LogP contribution in [0.1, 0.15) is 38.9 Å². The van der Waals surface area contributed by atoms with Crippen molar-refractivity contribution in [3.63, 3.8) is 0 Å². The molecule has 0 saturated carbocycles. The molecular weight excluding hydrogens is 294 g/mol. The first kappa shape index (κ1) is 15.7. The van der Waals surface area contributed by atoms with Gasteiger partial charge in [0.2, 0.25) is 0 Å². The van der Waals surface area contributed by atoms with Crippen molar-refractivity contribution in [3.05, 3.63) is 24.3 Å². The Kier molecular flexibility index (Phi) is 4.21. The lowest BCUT2D eigenvalue weighted by Gasteiger charge is -2.32. The summed E-state index contributed by atoms with van der Waals surface area (Å²) in [6, 6.07) is 1.77. The molecule has 1 atom stereocenters. The normalized spacial score (nSPS) is 19.6. The molecule has 2 N–H and O–H groups in total. The van der Waals surface area contributed by atoms with Crippen molar-refractivity contribution >= 4 is 17.1 Å². The van der Waals surface area contributed by atoms with Gasteiger partial charge in [-0.1, -0.05) is 0 Å². The highest BCUT2D eigenvalue weighted by Gasteiger charge is 2.32. The first-order chi connectivity index (χ1) is 11.0. The van der Waals surface area contributed by atoms with Gasteiger partial charge < -0.3 is 15.0 Å². The Morgan fingerprint density at radius 3 is 3.00 bits per heavy atom. The van der Waals surface area contributed by atoms with E-state index < -0.39 is 5.60 Å². The second-order valence-electron chi connectivity index (χ2n) is 6.75. The summed E-state index contributed by atoms with van der Waals surface area (Å²) in [4.78, 5) is 26.2. The molecule has 124 valence electrons. The lowest BCUT2D eigenvalue weighted by molar-refractivity contribution is 0.0172. The van der Waals surface area contributed by atoms with Crippen molar-refractivity contribution in [3.8, 4) is 0 Å². The number of rotatable bonds is 1. The summed E-state index contributed by atoms with van der Waals surface area (Å²) in [7, 11) is 0. The van der Waals surface area contributed by atoms with E-state index in [1.54, 1.807) is 4.90 Å². The van der Waals surface area contributed by atoms with Crippen LogP contribution in [0.25, 0.3) is 11.0 Å². The number of fused-ring (bicyclic) bond motifs is 1. The van der Waals surface area contributed by atoms with Gasteiger partial charge in [-0.2, -0.15) is 0 Å². The predicted molar refractivity (Wildman–Crippen MR) is 87.1 cm³/mol. The van der Waals surface area contributed by atoms with Crippen molar-refractivity contribution in [2.24, 2.45) is 0 Å². The third-order valence-corrected chi connectivity index (χ3v) is 3.79. The minimum Gasteiger partial charge on any atom is -0.444 e. The molecule has 0 aromatic carbocycles. The van der Waals surface area contributed by atoms with E-state index in [1.165, 1.54) is 6.33 Å². The molecular formula is C16H23N5O2. The summed E-state index contributed by atoms with van der Waals surface area (Å²) in [5.41, 5.74) is 1.11. The van der Waals surface area contributed by atoms with Crippen LogP contribution in [0.2, 0.25) is 0 Å². The van der Waals surface area contributed by atoms with E-state index in [9.17, 15) is 4.79 Å². The fourth-order valence-electron chi connectivity index (χ4n) is 2.82. The Morgan fingerprint density at radius 1 is 1.39 bits per heavy atom. The van der Waals surface area contributed by atoms with E-state index in [0.29, 0.717) is 13.1 Å². The maximum atomic E-state index is 12.6. The largest absolute Gasteiger partial charge is 0.444 e. The minimum atomic E-state index is -0.517. The van der Waals surface area contributed by atoms with Crippen LogP contribution in [-0.4, -0.2) is 51.2 Å². The van der Waals surface area contributed by atoms with E-state index in [4.69, 9.17) is 4.74 Å². The fourth-order valence-corrected chi connectivity index (χ4v) is 2.82. The number of carbonyl (C=O) groups is 1. The quantitative estimate of drug-likeness (QED) is 0.843. The summed E-state index contributed by atoms with van der Waals surface area (Å²) in [6.07, 6.45) is 3.96. The van der Waals surface area contributed by atoms with Crippen LogP contribution in [0.3, 0.4) is 0 Å². The van der Waals surface area contributed by atoms with Gasteiger partial charge in [0.25, 0.3) is 0 Å². The molecule has 1 amide bonds. The summed E-state index contributed by atoms with van der Waals surface area (Å²) in [5, 5.41) is 4.32. The maximum Gasteiger partial charge on any atom is 0.410 e. The van der Waals surface area contributed by atoms with Crippen molar-refractivity contribution in [1.82, 2.24) is 25.2 Å². The van der Waals surface area contributed by atoms with Crippen molar-refractivity contribution in [1.29, 1.82) is 0 Å². The maximum absolute atomic E-state index is 12.6. The standard InChI is InChI=1S/C16H23N5O2/c1-16(2,3)23-15(22)21-8-4-6-17-9-12(21)13-11-5-7-18-14(11)20-10-19-13/h5,7,10,12,17H,4,6,8-9H2,1-3H3,(H,18,19,20). The molecule has 1 fully saturated rings. The van der Waals surface area contributed by atoms with Gasteiger partial charge in [-0.25, -0.2) is 14.8 Å². The average Bonchev–Trinajstić information content (AvgIpc) is 2.81. The van der Waals surface area contributed by atoms with Gasteiger partial charge in [-0.05, 0) is 39.8 Å². The van der Waals surface area contributed by atoms with Crippen LogP contribution < -0.4 is 5.32 Å². The van der Waals surface area contributed by atoms with Crippen LogP contribution in [0.15, 0.2) is 18.6 Å². The van der Waals surface area contributed by atoms with Crippen LogP contribution >= 0.6 is 0 Å². The molecule has 1 unspecified atom stereocenters. The Labute approximate surface area is 135 Å². The van der Waals surface area contributed by atoms with Crippen molar-refractivity contribution in [2.45, 2.75) is 38.8 Å². The van der Waals surface area contributed by atoms with E-state index in [0.717, 1.165) is 29.7 Å². The van der Waals surface area contributed by atoms with Gasteiger partial charge in [-0.3, -0.25) is 4.90 Å². The fraction of sp³-hybridized carbons (Fsp3) is 0.562. The Hall–Kier alpha value is -2.15. The summed E-state index contributed by atoms with van der Waals surface area (Å²) < 4.78 is 5.59. The molecule has 1 aliphatic heterocycles. The lowest BCUT2D eigenvalue weighted by Crippen LogP contribution is -2.41. The molecule has 1 aliphatic rings. The van der Waals surface area contributed by atoms with E-state index >= 15 is 0 Å². The number of hydrogen-bond acceptors (Lipinski definition) is 5. The van der Waals surface area contributed by atoms with Gasteiger partial charge in [0.05, 0.1) is 11.7 Å². The van der Waals surface area contributed by atoms with Gasteiger partial charge in [-0.15, -0.1) is 0 Å². The third-order valence-electron chi connectivity index (χ3n) is 3.79. The SMILES string of the molecule is CC(C)(C)OC(=O)N1CCCNCC1c1ncnc2[nH]ccc12. The Balaban J connectivity index is 1.96. The lowest BCUT2D eigenvalue weighted by atomic mass is 10.1. The van der Waals surface area contributed by atoms with Crippen molar-refractivity contribution < 1.29 is 9.53 Å². The number of hydrogen-bond donors (Lipinski definition) is 2. The number of aromatic amines is 1. The highest BCUT2D eigenvalue weighted by Crippen LogP contribution is 2.27. The topological polar surface area (TPSA) is 83.1 Å². The highest BCUT2D eigenvalue weighted by atomic mass is 16.6. The molecule has 0 radical (unpaired) electrons. The molecule has 0 aliphatic carbocycles. The van der Waals surface area contributed by atoms with Crippen LogP contribution in [0.5, 0.6) is 0 Å². The number of H-pyrrole nitrogens is 1. The molecule has 3 heterocycles. The Morgan fingerprint density at radius 2 is 2.22 bits per heavy atom. The number of carbonyl (C=O) groups excluding carboxylic acids is 1. The second-order valence-corrected chi connectivity index (χ2v) is 6.75. The van der Waals surface area contributed by atoms with Crippen LogP contribution in [-0.2, 0) is 4.74 Å². The van der Waals surface area contributed by atoms with Gasteiger partial charge in [0.15, 0.2) is 0 Å². The number of nitrogens with one attached hydrogen (secondary N) is 2. The molecule has 0 spiro atoms. The number of nitrogens with zero attached hydrogens (tertiary/aromatic N) is 3. The molecule has 3 rings (SSSR count). The number of aromatic nitrogens is 3. The van der Waals surface area contributed by atoms with Gasteiger partial charge in [0, 0.05) is 24.7 Å². The Bertz CT molecular complexity index is 691. The van der Waals surface area contributed by atoms with Gasteiger partial charge in [0.1, 0.15) is 17.6 Å². The van der Waals surface area contributed by atoms with Crippen LogP contribution in [0, 0.1) is 0 Å². The number of ether oxygens (including phenoxy) is 1. The molecule has 7 heteroatoms.